The summed E-state index contributed by atoms with van der Waals surface area (Å²) in [6.45, 7) is 1.64. The molecule has 0 radical (unpaired) electrons. The van der Waals surface area contributed by atoms with Crippen LogP contribution in [0, 0.1) is 0 Å². The van der Waals surface area contributed by atoms with E-state index in [-0.39, 0.29) is 24.0 Å². The Balaban J connectivity index is 1.39. The van der Waals surface area contributed by atoms with Crippen LogP contribution >= 0.6 is 22.9 Å². The highest BCUT2D eigenvalue weighted by Crippen LogP contribution is 2.43. The number of amides is 1. The van der Waals surface area contributed by atoms with E-state index in [0.717, 1.165) is 41.1 Å². The summed E-state index contributed by atoms with van der Waals surface area (Å²) in [7, 11) is 0. The van der Waals surface area contributed by atoms with Crippen molar-refractivity contribution in [1.29, 1.82) is 0 Å². The van der Waals surface area contributed by atoms with E-state index in [1.165, 1.54) is 4.88 Å². The molecule has 3 heterocycles. The summed E-state index contributed by atoms with van der Waals surface area (Å²) >= 11 is 8.09. The van der Waals surface area contributed by atoms with E-state index in [1.54, 1.807) is 11.3 Å². The number of halogens is 7. The number of fused-ring (bicyclic) bond motifs is 1. The fraction of sp³-hybridized carbons (Fsp3) is 0.667. The number of ether oxygens (including phenoxy) is 1. The Kier molecular flexibility index (Phi) is 6.69. The van der Waals surface area contributed by atoms with Crippen molar-refractivity contribution < 1.29 is 35.9 Å². The number of hydrogen-bond donors (Lipinski definition) is 0. The number of rotatable bonds is 3. The molecule has 12 heteroatoms. The molecule has 0 aromatic carbocycles. The highest BCUT2D eigenvalue weighted by Gasteiger charge is 2.60. The first-order valence-electron chi connectivity index (χ1n) is 10.7. The van der Waals surface area contributed by atoms with Crippen molar-refractivity contribution in [2.75, 3.05) is 19.6 Å². The molecule has 184 valence electrons. The van der Waals surface area contributed by atoms with E-state index in [9.17, 15) is 31.1 Å². The Labute approximate surface area is 196 Å². The maximum absolute atomic E-state index is 12.7. The van der Waals surface area contributed by atoms with Crippen LogP contribution < -0.4 is 0 Å². The Hall–Kier alpha value is -1.46. The third-order valence-corrected chi connectivity index (χ3v) is 8.16. The van der Waals surface area contributed by atoms with Crippen molar-refractivity contribution >= 4 is 35.1 Å². The first-order chi connectivity index (χ1) is 15.4. The van der Waals surface area contributed by atoms with Crippen LogP contribution in [0.4, 0.5) is 31.1 Å². The van der Waals surface area contributed by atoms with Gasteiger partial charge in [-0.25, -0.2) is 4.79 Å². The Bertz CT molecular complexity index is 894. The van der Waals surface area contributed by atoms with Gasteiger partial charge in [-0.15, -0.1) is 22.9 Å². The average Bonchev–Trinajstić information content (AvgIpc) is 3.30. The van der Waals surface area contributed by atoms with Gasteiger partial charge < -0.3 is 9.64 Å². The lowest BCUT2D eigenvalue weighted by Gasteiger charge is -2.45. The summed E-state index contributed by atoms with van der Waals surface area (Å²) in [5.41, 5.74) is 0.888. The predicted octanol–water partition coefficient (Wildman–Crippen LogP) is 6.51. The van der Waals surface area contributed by atoms with Crippen LogP contribution in [-0.2, 0) is 11.3 Å². The second-order valence-electron chi connectivity index (χ2n) is 8.72. The fourth-order valence-electron chi connectivity index (χ4n) is 4.94. The number of nitrogens with zero attached hydrogens (tertiary/aromatic N) is 2. The normalized spacial score (nSPS) is 23.4. The Morgan fingerprint density at radius 1 is 1.15 bits per heavy atom. The Morgan fingerprint density at radius 2 is 1.82 bits per heavy atom. The molecule has 0 bridgehead atoms. The molecule has 1 aromatic heterocycles. The summed E-state index contributed by atoms with van der Waals surface area (Å²) in [6, 6.07) is 2.12. The maximum Gasteiger partial charge on any atom is 0.434 e. The van der Waals surface area contributed by atoms with Gasteiger partial charge in [-0.3, -0.25) is 4.90 Å². The Morgan fingerprint density at radius 3 is 2.42 bits per heavy atom. The van der Waals surface area contributed by atoms with E-state index >= 15 is 0 Å². The first-order valence-corrected chi connectivity index (χ1v) is 11.9. The topological polar surface area (TPSA) is 32.8 Å². The highest BCUT2D eigenvalue weighted by atomic mass is 35.5. The molecule has 2 aliphatic heterocycles. The molecule has 1 aliphatic carbocycles. The molecule has 2 saturated heterocycles. The number of thiophene rings is 1. The number of likely N-dealkylation sites (tertiary alicyclic amines) is 2. The quantitative estimate of drug-likeness (QED) is 0.339. The molecule has 0 saturated carbocycles. The van der Waals surface area contributed by atoms with Crippen LogP contribution in [0.25, 0.3) is 6.08 Å². The van der Waals surface area contributed by atoms with Gasteiger partial charge in [-0.1, -0.05) is 6.08 Å². The minimum absolute atomic E-state index is 0.0468. The van der Waals surface area contributed by atoms with Crippen LogP contribution in [0.15, 0.2) is 12.1 Å². The zero-order chi connectivity index (χ0) is 24.0. The van der Waals surface area contributed by atoms with Gasteiger partial charge in [0.25, 0.3) is 6.10 Å². The molecule has 1 aromatic rings. The van der Waals surface area contributed by atoms with E-state index in [4.69, 9.17) is 11.6 Å². The largest absolute Gasteiger partial charge is 0.434 e. The molecule has 1 spiro atoms. The monoisotopic (exact) mass is 516 g/mol. The van der Waals surface area contributed by atoms with Crippen LogP contribution in [0.3, 0.4) is 0 Å². The lowest BCUT2D eigenvalue weighted by atomic mass is 9.85. The van der Waals surface area contributed by atoms with Gasteiger partial charge in [0, 0.05) is 34.9 Å². The lowest BCUT2D eigenvalue weighted by Crippen LogP contribution is -2.54. The molecule has 1 unspecified atom stereocenters. The van der Waals surface area contributed by atoms with Crippen molar-refractivity contribution in [2.24, 2.45) is 0 Å². The molecular weight excluding hydrogens is 494 g/mol. The fourth-order valence-corrected chi connectivity index (χ4v) is 6.46. The third-order valence-electron chi connectivity index (χ3n) is 6.65. The molecule has 3 aliphatic rings. The van der Waals surface area contributed by atoms with Gasteiger partial charge in [0.05, 0.1) is 5.38 Å². The second-order valence-corrected chi connectivity index (χ2v) is 10.4. The minimum atomic E-state index is -5.72. The number of alkyl halides is 7. The SMILES string of the molecule is O=C(OC(C(F)(F)F)C(F)(F)F)N1CCC2(CCCN2Cc2cc3c(s2)C=CCC3Cl)CC1. The molecule has 1 amide bonds. The number of piperidine rings is 1. The number of hydrogen-bond acceptors (Lipinski definition) is 4. The van der Waals surface area contributed by atoms with E-state index < -0.39 is 24.5 Å². The van der Waals surface area contributed by atoms with Crippen LogP contribution in [0.5, 0.6) is 0 Å². The standard InChI is InChI=1S/C21H23ClF6N2O2S/c22-15-3-1-4-16-14(15)11-13(33-16)12-30-8-2-5-19(30)6-9-29(10-7-19)18(31)32-17(20(23,24)25)21(26,27)28/h1,4,11,15,17H,2-3,5-10,12H2. The molecule has 2 fully saturated rings. The average molecular weight is 517 g/mol. The zero-order valence-electron chi connectivity index (χ0n) is 17.5. The highest BCUT2D eigenvalue weighted by molar-refractivity contribution is 7.13. The van der Waals surface area contributed by atoms with Crippen LogP contribution in [0.1, 0.15) is 52.8 Å². The molecule has 4 nitrogen and oxygen atoms in total. The van der Waals surface area contributed by atoms with Crippen LogP contribution in [-0.4, -0.2) is 59.5 Å². The summed E-state index contributed by atoms with van der Waals surface area (Å²) in [4.78, 5) is 17.7. The van der Waals surface area contributed by atoms with E-state index in [0.29, 0.717) is 19.4 Å². The smallest absolute Gasteiger partial charge is 0.426 e. The number of carbonyl (C=O) groups is 1. The summed E-state index contributed by atoms with van der Waals surface area (Å²) < 4.78 is 80.2. The second kappa shape index (κ2) is 8.96. The molecule has 33 heavy (non-hydrogen) atoms. The van der Waals surface area contributed by atoms with Crippen molar-refractivity contribution in [2.45, 2.75) is 68.0 Å². The van der Waals surface area contributed by atoms with Gasteiger partial charge in [0.2, 0.25) is 0 Å². The van der Waals surface area contributed by atoms with Crippen LogP contribution in [0.2, 0.25) is 0 Å². The number of allylic oxidation sites excluding steroid dienone is 1. The van der Waals surface area contributed by atoms with Crippen molar-refractivity contribution in [3.63, 3.8) is 0 Å². The predicted molar refractivity (Wildman–Crippen MR) is 112 cm³/mol. The zero-order valence-corrected chi connectivity index (χ0v) is 19.1. The minimum Gasteiger partial charge on any atom is -0.426 e. The lowest BCUT2D eigenvalue weighted by molar-refractivity contribution is -0.308. The third kappa shape index (κ3) is 5.14. The molecule has 1 atom stereocenters. The van der Waals surface area contributed by atoms with Gasteiger partial charge in [-0.2, -0.15) is 26.3 Å². The van der Waals surface area contributed by atoms with Gasteiger partial charge in [0.15, 0.2) is 0 Å². The van der Waals surface area contributed by atoms with E-state index in [1.807, 2.05) is 0 Å². The van der Waals surface area contributed by atoms with Gasteiger partial charge in [-0.05, 0) is 56.4 Å². The molecule has 0 N–H and O–H groups in total. The van der Waals surface area contributed by atoms with Crippen molar-refractivity contribution in [3.05, 3.63) is 27.5 Å². The van der Waals surface area contributed by atoms with E-state index in [2.05, 4.69) is 27.9 Å². The maximum atomic E-state index is 12.7. The van der Waals surface area contributed by atoms with Crippen molar-refractivity contribution in [1.82, 2.24) is 9.80 Å². The molecular formula is C21H23ClF6N2O2S. The number of carbonyl (C=O) groups excluding carboxylic acids is 1. The van der Waals surface area contributed by atoms with Gasteiger partial charge >= 0.3 is 18.4 Å². The summed E-state index contributed by atoms with van der Waals surface area (Å²) in [6.07, 6.45) is -9.49. The van der Waals surface area contributed by atoms with Gasteiger partial charge in [0.1, 0.15) is 0 Å². The summed E-state index contributed by atoms with van der Waals surface area (Å²) in [5.74, 6) is 0. The molecule has 4 rings (SSSR count). The summed E-state index contributed by atoms with van der Waals surface area (Å²) in [5, 5.41) is -0.0472. The first kappa shape index (κ1) is 24.7. The van der Waals surface area contributed by atoms with Crippen molar-refractivity contribution in [3.8, 4) is 0 Å².